The van der Waals surface area contributed by atoms with E-state index in [4.69, 9.17) is 0 Å². The van der Waals surface area contributed by atoms with Gasteiger partial charge in [0.05, 0.1) is 6.04 Å². The first-order chi connectivity index (χ1) is 9.17. The molecule has 0 aromatic rings. The first kappa shape index (κ1) is 14.5. The molecule has 1 unspecified atom stereocenters. The summed E-state index contributed by atoms with van der Waals surface area (Å²) in [7, 11) is 0. The minimum absolute atomic E-state index is 0.0715. The van der Waals surface area contributed by atoms with Crippen LogP contribution in [-0.4, -0.2) is 51.7 Å². The van der Waals surface area contributed by atoms with E-state index in [0.717, 1.165) is 38.5 Å². The molecular formula is C13H20N2O3S. The van der Waals surface area contributed by atoms with Crippen LogP contribution in [0.3, 0.4) is 0 Å². The lowest BCUT2D eigenvalue weighted by molar-refractivity contribution is -0.138. The van der Waals surface area contributed by atoms with E-state index in [2.05, 4.69) is 0 Å². The maximum Gasteiger partial charge on any atom is 0.244 e. The van der Waals surface area contributed by atoms with Gasteiger partial charge in [-0.25, -0.2) is 4.31 Å². The van der Waals surface area contributed by atoms with E-state index in [0.29, 0.717) is 6.54 Å². The Bertz CT molecular complexity index is 375. The molecule has 2 heterocycles. The van der Waals surface area contributed by atoms with Gasteiger partial charge in [-0.1, -0.05) is 25.3 Å². The maximum absolute atomic E-state index is 12.2. The Morgan fingerprint density at radius 1 is 1.42 bits per heavy atom. The van der Waals surface area contributed by atoms with Crippen LogP contribution in [0.4, 0.5) is 0 Å². The Hall–Kier alpha value is -0.880. The molecule has 2 rings (SSSR count). The molecule has 2 amide bonds. The number of rotatable bonds is 6. The van der Waals surface area contributed by atoms with Gasteiger partial charge >= 0.3 is 0 Å². The summed E-state index contributed by atoms with van der Waals surface area (Å²) in [4.78, 5) is 36.3. The topological polar surface area (TPSA) is 57.7 Å². The zero-order chi connectivity index (χ0) is 13.8. The zero-order valence-electron chi connectivity index (χ0n) is 11.2. The standard InChI is InChI=1S/C13H20N2O3S/c1-2-3-6-14-12(17)8-11(13(14)18)19-15-7-4-5-10(15)9-16/h9-11H,2-8H2,1H3/t10-,11?/m0/s1. The number of aldehydes is 1. The smallest absolute Gasteiger partial charge is 0.244 e. The van der Waals surface area contributed by atoms with Crippen LogP contribution in [0.25, 0.3) is 0 Å². The summed E-state index contributed by atoms with van der Waals surface area (Å²) in [5.41, 5.74) is 0. The van der Waals surface area contributed by atoms with E-state index in [1.54, 1.807) is 0 Å². The summed E-state index contributed by atoms with van der Waals surface area (Å²) in [6.45, 7) is 3.39. The van der Waals surface area contributed by atoms with Gasteiger partial charge in [0.15, 0.2) is 0 Å². The number of hydrogen-bond acceptors (Lipinski definition) is 5. The van der Waals surface area contributed by atoms with Crippen molar-refractivity contribution in [3.63, 3.8) is 0 Å². The molecule has 2 fully saturated rings. The molecule has 2 atom stereocenters. The molecule has 0 aromatic carbocycles. The minimum atomic E-state index is -0.329. The van der Waals surface area contributed by atoms with E-state index in [1.807, 2.05) is 11.2 Å². The molecule has 2 saturated heterocycles. The first-order valence-corrected chi connectivity index (χ1v) is 7.74. The molecule has 19 heavy (non-hydrogen) atoms. The number of unbranched alkanes of at least 4 members (excludes halogenated alkanes) is 1. The second-order valence-electron chi connectivity index (χ2n) is 5.02. The molecular weight excluding hydrogens is 264 g/mol. The molecule has 0 saturated carbocycles. The van der Waals surface area contributed by atoms with Crippen molar-refractivity contribution in [2.75, 3.05) is 13.1 Å². The molecule has 0 aromatic heterocycles. The van der Waals surface area contributed by atoms with Gasteiger partial charge in [0.1, 0.15) is 11.5 Å². The van der Waals surface area contributed by atoms with Gasteiger partial charge in [-0.05, 0) is 19.3 Å². The summed E-state index contributed by atoms with van der Waals surface area (Å²) in [6, 6.07) is -0.0995. The van der Waals surface area contributed by atoms with Gasteiger partial charge in [-0.15, -0.1) is 0 Å². The molecule has 0 N–H and O–H groups in total. The maximum atomic E-state index is 12.2. The predicted molar refractivity (Wildman–Crippen MR) is 73.4 cm³/mol. The molecule has 0 aliphatic carbocycles. The highest BCUT2D eigenvalue weighted by Crippen LogP contribution is 2.33. The first-order valence-electron chi connectivity index (χ1n) is 6.90. The van der Waals surface area contributed by atoms with Crippen LogP contribution in [0.1, 0.15) is 39.0 Å². The molecule has 2 aliphatic rings. The SMILES string of the molecule is CCCCN1C(=O)CC(SN2CCC[C@H]2C=O)C1=O. The summed E-state index contributed by atoms with van der Waals surface area (Å²) < 4.78 is 1.96. The van der Waals surface area contributed by atoms with Crippen molar-refractivity contribution in [1.82, 2.24) is 9.21 Å². The van der Waals surface area contributed by atoms with Crippen molar-refractivity contribution in [2.24, 2.45) is 0 Å². The van der Waals surface area contributed by atoms with Crippen molar-refractivity contribution in [3.05, 3.63) is 0 Å². The third-order valence-corrected chi connectivity index (χ3v) is 4.95. The van der Waals surface area contributed by atoms with E-state index in [1.165, 1.54) is 16.8 Å². The lowest BCUT2D eigenvalue weighted by atomic mass is 10.2. The van der Waals surface area contributed by atoms with E-state index in [-0.39, 0.29) is 29.5 Å². The number of carbonyl (C=O) groups is 3. The predicted octanol–water partition coefficient (Wildman–Crippen LogP) is 1.23. The monoisotopic (exact) mass is 284 g/mol. The van der Waals surface area contributed by atoms with Crippen LogP contribution in [0.15, 0.2) is 0 Å². The van der Waals surface area contributed by atoms with Crippen molar-refractivity contribution in [3.8, 4) is 0 Å². The summed E-state index contributed by atoms with van der Waals surface area (Å²) in [5, 5.41) is -0.329. The number of imide groups is 1. The fourth-order valence-corrected chi connectivity index (χ4v) is 3.79. The Kier molecular flexibility index (Phi) is 4.99. The number of carbonyl (C=O) groups excluding carboxylic acids is 3. The van der Waals surface area contributed by atoms with Crippen molar-refractivity contribution in [2.45, 2.75) is 50.3 Å². The summed E-state index contributed by atoms with van der Waals surface area (Å²) >= 11 is 1.39. The highest BCUT2D eigenvalue weighted by Gasteiger charge is 2.41. The zero-order valence-corrected chi connectivity index (χ0v) is 12.0. The third kappa shape index (κ3) is 3.17. The Balaban J connectivity index is 1.93. The quantitative estimate of drug-likeness (QED) is 0.417. The second kappa shape index (κ2) is 6.52. The van der Waals surface area contributed by atoms with Gasteiger partial charge in [-0.2, -0.15) is 0 Å². The van der Waals surface area contributed by atoms with Crippen molar-refractivity contribution < 1.29 is 14.4 Å². The van der Waals surface area contributed by atoms with Crippen LogP contribution in [0, 0.1) is 0 Å². The average Bonchev–Trinajstić information content (AvgIpc) is 2.94. The fraction of sp³-hybridized carbons (Fsp3) is 0.769. The number of likely N-dealkylation sites (tertiary alicyclic amines) is 1. The third-order valence-electron chi connectivity index (χ3n) is 3.61. The van der Waals surface area contributed by atoms with Gasteiger partial charge in [0, 0.05) is 19.5 Å². The summed E-state index contributed by atoms with van der Waals surface area (Å²) in [6.07, 6.45) is 4.87. The number of hydrogen-bond donors (Lipinski definition) is 0. The van der Waals surface area contributed by atoms with Gasteiger partial charge in [0.25, 0.3) is 0 Å². The molecule has 0 radical (unpaired) electrons. The highest BCUT2D eigenvalue weighted by molar-refractivity contribution is 7.98. The average molecular weight is 284 g/mol. The second-order valence-corrected chi connectivity index (χ2v) is 6.27. The fourth-order valence-electron chi connectivity index (χ4n) is 2.48. The van der Waals surface area contributed by atoms with Gasteiger partial charge < -0.3 is 4.79 Å². The van der Waals surface area contributed by atoms with Crippen molar-refractivity contribution >= 4 is 30.0 Å². The van der Waals surface area contributed by atoms with Gasteiger partial charge in [0.2, 0.25) is 11.8 Å². The number of nitrogens with zero attached hydrogens (tertiary/aromatic N) is 2. The summed E-state index contributed by atoms with van der Waals surface area (Å²) in [5.74, 6) is -0.155. The molecule has 5 nitrogen and oxygen atoms in total. The Labute approximate surface area is 117 Å². The molecule has 0 bridgehead atoms. The van der Waals surface area contributed by atoms with Crippen LogP contribution < -0.4 is 0 Å². The molecule has 106 valence electrons. The van der Waals surface area contributed by atoms with E-state index < -0.39 is 0 Å². The molecule has 2 aliphatic heterocycles. The highest BCUT2D eigenvalue weighted by atomic mass is 32.2. The van der Waals surface area contributed by atoms with E-state index in [9.17, 15) is 14.4 Å². The molecule has 0 spiro atoms. The Morgan fingerprint density at radius 3 is 2.89 bits per heavy atom. The lowest BCUT2D eigenvalue weighted by Crippen LogP contribution is -2.34. The van der Waals surface area contributed by atoms with Crippen LogP contribution >= 0.6 is 11.9 Å². The minimum Gasteiger partial charge on any atom is -0.302 e. The van der Waals surface area contributed by atoms with Crippen LogP contribution in [0.2, 0.25) is 0 Å². The largest absolute Gasteiger partial charge is 0.302 e. The normalized spacial score (nSPS) is 28.4. The lowest BCUT2D eigenvalue weighted by Gasteiger charge is -2.21. The number of amides is 2. The van der Waals surface area contributed by atoms with Crippen molar-refractivity contribution in [1.29, 1.82) is 0 Å². The van der Waals surface area contributed by atoms with Crippen LogP contribution in [0.5, 0.6) is 0 Å². The van der Waals surface area contributed by atoms with Crippen LogP contribution in [-0.2, 0) is 14.4 Å². The van der Waals surface area contributed by atoms with E-state index >= 15 is 0 Å². The Morgan fingerprint density at radius 2 is 2.21 bits per heavy atom. The molecule has 6 heteroatoms. The van der Waals surface area contributed by atoms with Gasteiger partial charge in [-0.3, -0.25) is 14.5 Å².